The molecular weight excluding hydrogens is 506 g/mol. The first-order valence-electron chi connectivity index (χ1n) is 12.4. The van der Waals surface area contributed by atoms with Gasteiger partial charge in [0.15, 0.2) is 0 Å². The van der Waals surface area contributed by atoms with E-state index in [-0.39, 0.29) is 24.1 Å². The van der Waals surface area contributed by atoms with E-state index in [1.54, 1.807) is 4.90 Å². The second-order valence-corrected chi connectivity index (χ2v) is 11.7. The van der Waals surface area contributed by atoms with Crippen LogP contribution in [0.4, 0.5) is 0 Å². The molecule has 6 nitrogen and oxygen atoms in total. The number of imide groups is 1. The number of hydrogen-bond donors (Lipinski definition) is 1. The predicted octanol–water partition coefficient (Wildman–Crippen LogP) is 4.74. The predicted molar refractivity (Wildman–Crippen MR) is 144 cm³/mol. The number of fused-ring (bicyclic) bond motifs is 1. The second-order valence-electron chi connectivity index (χ2n) is 9.86. The van der Waals surface area contributed by atoms with Crippen molar-refractivity contribution in [3.8, 4) is 11.1 Å². The Bertz CT molecular complexity index is 1390. The first-order chi connectivity index (χ1) is 17.9. The fourth-order valence-electron chi connectivity index (χ4n) is 5.29. The monoisotopic (exact) mass is 531 g/mol. The van der Waals surface area contributed by atoms with Gasteiger partial charge in [-0.05, 0) is 65.1 Å². The summed E-state index contributed by atoms with van der Waals surface area (Å²) in [4.78, 5) is 41.9. The molecule has 8 heteroatoms. The van der Waals surface area contributed by atoms with Crippen LogP contribution in [0.25, 0.3) is 11.1 Å². The lowest BCUT2D eigenvalue weighted by molar-refractivity contribution is -0.136. The van der Waals surface area contributed by atoms with E-state index in [4.69, 9.17) is 11.6 Å². The lowest BCUT2D eigenvalue weighted by Gasteiger charge is -2.39. The largest absolute Gasteiger partial charge is 0.322 e. The van der Waals surface area contributed by atoms with Gasteiger partial charge < -0.3 is 4.90 Å². The summed E-state index contributed by atoms with van der Waals surface area (Å²) in [7, 11) is 0. The van der Waals surface area contributed by atoms with Crippen LogP contribution >= 0.6 is 23.4 Å². The maximum atomic E-state index is 12.9. The Morgan fingerprint density at radius 1 is 0.946 bits per heavy atom. The number of piperidine rings is 1. The summed E-state index contributed by atoms with van der Waals surface area (Å²) in [5.74, 6) is -0.773. The standard InChI is InChI=1S/C29H26ClN3O3S/c30-22-6-4-19(5-7-22)20-3-1-2-18(12-20)14-32-16-24(17-32)37-23-8-9-25-21(13-23)15-33(29(25)36)26-10-11-27(34)31-28(26)35/h1-9,12-13,24,26H,10-11,14-17H2,(H,31,34,35). The van der Waals surface area contributed by atoms with Gasteiger partial charge in [-0.3, -0.25) is 24.6 Å². The first kappa shape index (κ1) is 24.2. The summed E-state index contributed by atoms with van der Waals surface area (Å²) in [6.07, 6.45) is 0.647. The van der Waals surface area contributed by atoms with Crippen LogP contribution < -0.4 is 5.32 Å². The number of rotatable bonds is 6. The third-order valence-electron chi connectivity index (χ3n) is 7.23. The fourth-order valence-corrected chi connectivity index (χ4v) is 6.73. The quantitative estimate of drug-likeness (QED) is 0.465. The van der Waals surface area contributed by atoms with Gasteiger partial charge in [0.2, 0.25) is 11.8 Å². The average Bonchev–Trinajstić information content (AvgIpc) is 3.18. The number of benzene rings is 3. The molecule has 0 radical (unpaired) electrons. The van der Waals surface area contributed by atoms with Gasteiger partial charge in [-0.1, -0.05) is 41.9 Å². The fraction of sp³-hybridized carbons (Fsp3) is 0.276. The minimum atomic E-state index is -0.577. The zero-order valence-corrected chi connectivity index (χ0v) is 21.7. The normalized spacial score (nSPS) is 20.1. The molecule has 188 valence electrons. The van der Waals surface area contributed by atoms with E-state index in [1.807, 2.05) is 48.2 Å². The molecule has 0 bridgehead atoms. The highest BCUT2D eigenvalue weighted by Gasteiger charge is 2.39. The number of thioether (sulfide) groups is 1. The molecule has 3 aliphatic heterocycles. The summed E-state index contributed by atoms with van der Waals surface area (Å²) < 4.78 is 0. The zero-order valence-electron chi connectivity index (χ0n) is 20.2. The molecule has 3 amide bonds. The first-order valence-corrected chi connectivity index (χ1v) is 13.7. The molecule has 3 aromatic rings. The highest BCUT2D eigenvalue weighted by molar-refractivity contribution is 8.00. The Labute approximate surface area is 225 Å². The smallest absolute Gasteiger partial charge is 0.255 e. The number of carbonyl (C=O) groups is 3. The van der Waals surface area contributed by atoms with Gasteiger partial charge in [0.05, 0.1) is 0 Å². The van der Waals surface area contributed by atoms with Crippen molar-refractivity contribution in [2.24, 2.45) is 0 Å². The highest BCUT2D eigenvalue weighted by Crippen LogP contribution is 2.35. The molecule has 6 rings (SSSR count). The van der Waals surface area contributed by atoms with Crippen molar-refractivity contribution in [3.05, 3.63) is 88.4 Å². The third-order valence-corrected chi connectivity index (χ3v) is 8.64. The number of carbonyl (C=O) groups excluding carboxylic acids is 3. The number of likely N-dealkylation sites (tertiary alicyclic amines) is 1. The summed E-state index contributed by atoms with van der Waals surface area (Å²) in [5.41, 5.74) is 5.26. The van der Waals surface area contributed by atoms with Crippen LogP contribution in [0.5, 0.6) is 0 Å². The van der Waals surface area contributed by atoms with Crippen LogP contribution in [0.3, 0.4) is 0 Å². The van der Waals surface area contributed by atoms with Crippen LogP contribution in [0.1, 0.15) is 34.3 Å². The van der Waals surface area contributed by atoms with Gasteiger partial charge in [0, 0.05) is 53.3 Å². The Hall–Kier alpha value is -3.13. The minimum absolute atomic E-state index is 0.128. The molecule has 2 saturated heterocycles. The number of hydrogen-bond acceptors (Lipinski definition) is 5. The number of halogens is 1. The van der Waals surface area contributed by atoms with E-state index in [9.17, 15) is 14.4 Å². The van der Waals surface area contributed by atoms with Crippen molar-refractivity contribution in [1.82, 2.24) is 15.1 Å². The lowest BCUT2D eigenvalue weighted by atomic mass is 10.0. The van der Waals surface area contributed by atoms with Crippen LogP contribution in [0.2, 0.25) is 5.02 Å². The molecule has 2 fully saturated rings. The van der Waals surface area contributed by atoms with Gasteiger partial charge in [0.1, 0.15) is 6.04 Å². The highest BCUT2D eigenvalue weighted by atomic mass is 35.5. The molecule has 1 atom stereocenters. The van der Waals surface area contributed by atoms with Gasteiger partial charge in [0.25, 0.3) is 5.91 Å². The number of nitrogens with zero attached hydrogens (tertiary/aromatic N) is 2. The Balaban J connectivity index is 1.04. The Morgan fingerprint density at radius 3 is 2.54 bits per heavy atom. The van der Waals surface area contributed by atoms with Crippen LogP contribution in [0.15, 0.2) is 71.6 Å². The Kier molecular flexibility index (Phi) is 6.53. The summed E-state index contributed by atoms with van der Waals surface area (Å²) in [5, 5.41) is 3.60. The maximum Gasteiger partial charge on any atom is 0.255 e. The molecular formula is C29H26ClN3O3S. The van der Waals surface area contributed by atoms with Crippen molar-refractivity contribution in [1.29, 1.82) is 0 Å². The van der Waals surface area contributed by atoms with Crippen molar-refractivity contribution in [3.63, 3.8) is 0 Å². The third kappa shape index (κ3) is 5.04. The van der Waals surface area contributed by atoms with E-state index >= 15 is 0 Å². The molecule has 0 aromatic heterocycles. The second kappa shape index (κ2) is 9.97. The minimum Gasteiger partial charge on any atom is -0.322 e. The van der Waals surface area contributed by atoms with E-state index in [0.29, 0.717) is 23.8 Å². The number of nitrogens with one attached hydrogen (secondary N) is 1. The summed E-state index contributed by atoms with van der Waals surface area (Å²) in [6.45, 7) is 3.34. The number of amides is 3. The molecule has 0 aliphatic carbocycles. The van der Waals surface area contributed by atoms with Crippen molar-refractivity contribution in [2.75, 3.05) is 13.1 Å². The molecule has 3 aliphatic rings. The maximum absolute atomic E-state index is 12.9. The molecule has 0 spiro atoms. The van der Waals surface area contributed by atoms with Gasteiger partial charge in [-0.25, -0.2) is 0 Å². The molecule has 3 heterocycles. The molecule has 0 saturated carbocycles. The van der Waals surface area contributed by atoms with Crippen molar-refractivity contribution in [2.45, 2.75) is 42.1 Å². The Morgan fingerprint density at radius 2 is 1.76 bits per heavy atom. The van der Waals surface area contributed by atoms with E-state index in [1.165, 1.54) is 11.1 Å². The lowest BCUT2D eigenvalue weighted by Crippen LogP contribution is -2.52. The average molecular weight is 532 g/mol. The molecule has 37 heavy (non-hydrogen) atoms. The molecule has 3 aromatic carbocycles. The van der Waals surface area contributed by atoms with E-state index in [0.717, 1.165) is 40.7 Å². The van der Waals surface area contributed by atoms with Crippen molar-refractivity contribution >= 4 is 41.1 Å². The summed E-state index contributed by atoms with van der Waals surface area (Å²) in [6, 6.07) is 22.0. The SMILES string of the molecule is O=C1CCC(N2Cc3cc(SC4CN(Cc5cccc(-c6ccc(Cl)cc6)c5)C4)ccc3C2=O)C(=O)N1. The molecule has 1 unspecified atom stereocenters. The van der Waals surface area contributed by atoms with Gasteiger partial charge in [-0.15, -0.1) is 11.8 Å². The topological polar surface area (TPSA) is 69.7 Å². The van der Waals surface area contributed by atoms with Crippen LogP contribution in [0, 0.1) is 0 Å². The van der Waals surface area contributed by atoms with Crippen LogP contribution in [-0.2, 0) is 22.7 Å². The van der Waals surface area contributed by atoms with E-state index in [2.05, 4.69) is 40.5 Å². The zero-order chi connectivity index (χ0) is 25.5. The van der Waals surface area contributed by atoms with Gasteiger partial charge >= 0.3 is 0 Å². The van der Waals surface area contributed by atoms with E-state index < -0.39 is 6.04 Å². The summed E-state index contributed by atoms with van der Waals surface area (Å²) >= 11 is 7.87. The molecule has 1 N–H and O–H groups in total. The van der Waals surface area contributed by atoms with Gasteiger partial charge in [-0.2, -0.15) is 0 Å². The van der Waals surface area contributed by atoms with Crippen LogP contribution in [-0.4, -0.2) is 51.9 Å². The van der Waals surface area contributed by atoms with Crippen molar-refractivity contribution < 1.29 is 14.4 Å².